The lowest BCUT2D eigenvalue weighted by molar-refractivity contribution is -0.437. The number of halogens is 1. The van der Waals surface area contributed by atoms with E-state index in [0.29, 0.717) is 17.8 Å². The van der Waals surface area contributed by atoms with E-state index in [-0.39, 0.29) is 17.7 Å². The molecule has 1 aliphatic rings. The second kappa shape index (κ2) is 6.95. The molecule has 0 saturated heterocycles. The smallest absolute Gasteiger partial charge is 0.275 e. The van der Waals surface area contributed by atoms with Crippen LogP contribution >= 0.6 is 0 Å². The Morgan fingerprint density at radius 3 is 2.80 bits per heavy atom. The highest BCUT2D eigenvalue weighted by Gasteiger charge is 2.33. The number of hydrogen-bond donors (Lipinski definition) is 0. The fraction of sp³-hybridized carbons (Fsp3) is 0.462. The summed E-state index contributed by atoms with van der Waals surface area (Å²) >= 11 is 0. The van der Waals surface area contributed by atoms with E-state index >= 15 is 0 Å². The maximum absolute atomic E-state index is 14.2. The summed E-state index contributed by atoms with van der Waals surface area (Å²) in [5, 5.41) is 14.3. The standard InChI is InChI=1S/C13H17FN2O4/c1-5-9(8(2)20-15-3)10-6-12(16(17)18)13(19-4)7-11(10)14/h6,13H,3,5,7H2,1-2,4H3/b9-8+/t13-/m1/s1. The molecule has 0 N–H and O–H groups in total. The van der Waals surface area contributed by atoms with E-state index < -0.39 is 16.9 Å². The summed E-state index contributed by atoms with van der Waals surface area (Å²) in [6.07, 6.45) is 0.590. The van der Waals surface area contributed by atoms with Crippen LogP contribution in [-0.2, 0) is 9.57 Å². The van der Waals surface area contributed by atoms with Crippen LogP contribution in [0.25, 0.3) is 0 Å². The number of oxime groups is 1. The van der Waals surface area contributed by atoms with Gasteiger partial charge in [0.15, 0.2) is 6.10 Å². The van der Waals surface area contributed by atoms with Crippen molar-refractivity contribution in [1.29, 1.82) is 0 Å². The van der Waals surface area contributed by atoms with Gasteiger partial charge < -0.3 is 9.57 Å². The van der Waals surface area contributed by atoms with E-state index in [4.69, 9.17) is 9.57 Å². The van der Waals surface area contributed by atoms with Gasteiger partial charge in [0.2, 0.25) is 0 Å². The van der Waals surface area contributed by atoms with Gasteiger partial charge in [-0.05, 0) is 13.3 Å². The first-order chi connectivity index (χ1) is 9.46. The van der Waals surface area contributed by atoms with Gasteiger partial charge in [0, 0.05) is 37.5 Å². The summed E-state index contributed by atoms with van der Waals surface area (Å²) in [5.74, 6) is -0.103. The molecule has 0 radical (unpaired) electrons. The van der Waals surface area contributed by atoms with E-state index in [9.17, 15) is 14.5 Å². The minimum Gasteiger partial charge on any atom is -0.370 e. The molecule has 0 aromatic rings. The molecule has 0 aromatic heterocycles. The highest BCUT2D eigenvalue weighted by molar-refractivity contribution is 5.46. The Morgan fingerprint density at radius 2 is 2.35 bits per heavy atom. The molecule has 0 aliphatic heterocycles. The predicted molar refractivity (Wildman–Crippen MR) is 72.3 cm³/mol. The Bertz CT molecular complexity index is 509. The SMILES string of the molecule is C=NO/C(C)=C(\CC)C1=C(F)C[C@@H](OC)C([N+](=O)[O-])=C1. The van der Waals surface area contributed by atoms with Crippen molar-refractivity contribution in [1.82, 2.24) is 0 Å². The van der Waals surface area contributed by atoms with Crippen molar-refractivity contribution in [2.75, 3.05) is 7.11 Å². The maximum Gasteiger partial charge on any atom is 0.275 e. The van der Waals surface area contributed by atoms with E-state index in [2.05, 4.69) is 11.9 Å². The normalized spacial score (nSPS) is 20.2. The zero-order valence-corrected chi connectivity index (χ0v) is 11.7. The van der Waals surface area contributed by atoms with E-state index in [1.54, 1.807) is 13.8 Å². The highest BCUT2D eigenvalue weighted by Crippen LogP contribution is 2.34. The van der Waals surface area contributed by atoms with Crippen LogP contribution in [0.1, 0.15) is 26.7 Å². The molecule has 0 heterocycles. The van der Waals surface area contributed by atoms with Crippen molar-refractivity contribution >= 4 is 6.72 Å². The molecular formula is C13H17FN2O4. The Kier molecular flexibility index (Phi) is 5.57. The largest absolute Gasteiger partial charge is 0.370 e. The summed E-state index contributed by atoms with van der Waals surface area (Å²) in [6, 6.07) is 0. The van der Waals surface area contributed by atoms with E-state index in [1.165, 1.54) is 13.2 Å². The van der Waals surface area contributed by atoms with Gasteiger partial charge in [0.05, 0.1) is 4.92 Å². The van der Waals surface area contributed by atoms with Gasteiger partial charge in [0.1, 0.15) is 11.6 Å². The summed E-state index contributed by atoms with van der Waals surface area (Å²) in [7, 11) is 1.31. The fourth-order valence-corrected chi connectivity index (χ4v) is 2.10. The van der Waals surface area contributed by atoms with Crippen LogP contribution in [0, 0.1) is 10.1 Å². The van der Waals surface area contributed by atoms with Crippen molar-refractivity contribution in [2.45, 2.75) is 32.8 Å². The number of ether oxygens (including phenoxy) is 1. The summed E-state index contributed by atoms with van der Waals surface area (Å²) in [5.41, 5.74) is 0.506. The molecule has 7 heteroatoms. The molecule has 0 aromatic carbocycles. The van der Waals surface area contributed by atoms with Crippen molar-refractivity contribution in [3.05, 3.63) is 44.6 Å². The Morgan fingerprint density at radius 1 is 1.70 bits per heavy atom. The quantitative estimate of drug-likeness (QED) is 0.325. The third-order valence-corrected chi connectivity index (χ3v) is 3.08. The summed E-state index contributed by atoms with van der Waals surface area (Å²) in [4.78, 5) is 15.4. The first-order valence-electron chi connectivity index (χ1n) is 6.06. The lowest BCUT2D eigenvalue weighted by atomic mass is 9.93. The molecule has 1 aliphatic carbocycles. The molecule has 0 amide bonds. The Labute approximate surface area is 116 Å². The lowest BCUT2D eigenvalue weighted by Gasteiger charge is -2.20. The van der Waals surface area contributed by atoms with Crippen molar-refractivity contribution in [3.63, 3.8) is 0 Å². The van der Waals surface area contributed by atoms with Gasteiger partial charge in [-0.25, -0.2) is 4.39 Å². The highest BCUT2D eigenvalue weighted by atomic mass is 19.1. The van der Waals surface area contributed by atoms with Crippen LogP contribution in [0.15, 0.2) is 39.7 Å². The lowest BCUT2D eigenvalue weighted by Crippen LogP contribution is -2.23. The molecular weight excluding hydrogens is 267 g/mol. The molecule has 0 spiro atoms. The molecule has 1 rings (SSSR count). The summed E-state index contributed by atoms with van der Waals surface area (Å²) < 4.78 is 19.1. The third-order valence-electron chi connectivity index (χ3n) is 3.08. The van der Waals surface area contributed by atoms with E-state index in [1.807, 2.05) is 0 Å². The van der Waals surface area contributed by atoms with Crippen LogP contribution in [0.5, 0.6) is 0 Å². The number of rotatable bonds is 6. The second-order valence-electron chi connectivity index (χ2n) is 4.18. The molecule has 6 nitrogen and oxygen atoms in total. The average Bonchev–Trinajstić information content (AvgIpc) is 2.40. The average molecular weight is 284 g/mol. The zero-order valence-electron chi connectivity index (χ0n) is 11.7. The summed E-state index contributed by atoms with van der Waals surface area (Å²) in [6.45, 7) is 6.60. The van der Waals surface area contributed by atoms with Gasteiger partial charge >= 0.3 is 0 Å². The van der Waals surface area contributed by atoms with Crippen LogP contribution in [0.2, 0.25) is 0 Å². The predicted octanol–water partition coefficient (Wildman–Crippen LogP) is 3.11. The van der Waals surface area contributed by atoms with Crippen molar-refractivity contribution < 1.29 is 18.9 Å². The van der Waals surface area contributed by atoms with Gasteiger partial charge in [0.25, 0.3) is 5.70 Å². The number of nitrogens with zero attached hydrogens (tertiary/aromatic N) is 2. The Hall–Kier alpha value is -2.02. The van der Waals surface area contributed by atoms with Crippen LogP contribution in [0.4, 0.5) is 4.39 Å². The number of methoxy groups -OCH3 is 1. The van der Waals surface area contributed by atoms with Gasteiger partial charge in [-0.3, -0.25) is 10.1 Å². The minimum absolute atomic E-state index is 0.161. The topological polar surface area (TPSA) is 74.0 Å². The minimum atomic E-state index is -0.884. The van der Waals surface area contributed by atoms with Gasteiger partial charge in [-0.15, -0.1) is 0 Å². The molecule has 1 atom stereocenters. The maximum atomic E-state index is 14.2. The molecule has 20 heavy (non-hydrogen) atoms. The van der Waals surface area contributed by atoms with E-state index in [0.717, 1.165) is 0 Å². The van der Waals surface area contributed by atoms with Crippen LogP contribution in [0.3, 0.4) is 0 Å². The van der Waals surface area contributed by atoms with Crippen LogP contribution in [-0.4, -0.2) is 24.9 Å². The molecule has 0 fully saturated rings. The number of nitro groups is 1. The monoisotopic (exact) mass is 284 g/mol. The number of hydrogen-bond acceptors (Lipinski definition) is 5. The Balaban J connectivity index is 3.32. The first kappa shape index (κ1) is 16.0. The molecule has 110 valence electrons. The van der Waals surface area contributed by atoms with Crippen molar-refractivity contribution in [2.24, 2.45) is 5.16 Å². The molecule has 0 saturated carbocycles. The molecule has 0 unspecified atom stereocenters. The first-order valence-corrected chi connectivity index (χ1v) is 6.06. The molecule has 0 bridgehead atoms. The second-order valence-corrected chi connectivity index (χ2v) is 4.18. The van der Waals surface area contributed by atoms with Gasteiger partial charge in [-0.2, -0.15) is 0 Å². The van der Waals surface area contributed by atoms with Crippen molar-refractivity contribution in [3.8, 4) is 0 Å². The van der Waals surface area contributed by atoms with Crippen LogP contribution < -0.4 is 0 Å². The zero-order chi connectivity index (χ0) is 15.3. The number of allylic oxidation sites excluding steroid dienone is 4. The third kappa shape index (κ3) is 3.30. The van der Waals surface area contributed by atoms with Gasteiger partial charge in [-0.1, -0.05) is 12.1 Å². The fourth-order valence-electron chi connectivity index (χ4n) is 2.10.